The second-order valence-electron chi connectivity index (χ2n) is 6.95. The summed E-state index contributed by atoms with van der Waals surface area (Å²) in [6.45, 7) is 5.87. The number of carbonyl (C=O) groups excluding carboxylic acids is 1. The number of carbonyl (C=O) groups is 1. The number of ketones is 1. The van der Waals surface area contributed by atoms with Gasteiger partial charge >= 0.3 is 0 Å². The number of rotatable bonds is 7. The highest BCUT2D eigenvalue weighted by atomic mass is 16.5. The summed E-state index contributed by atoms with van der Waals surface area (Å²) in [6, 6.07) is 24.5. The summed E-state index contributed by atoms with van der Waals surface area (Å²) in [5.41, 5.74) is 5.34. The fourth-order valence-corrected chi connectivity index (χ4v) is 3.18. The Morgan fingerprint density at radius 1 is 0.778 bits per heavy atom. The van der Waals surface area contributed by atoms with Crippen molar-refractivity contribution < 1.29 is 9.53 Å². The zero-order valence-electron chi connectivity index (χ0n) is 16.2. The van der Waals surface area contributed by atoms with Crippen molar-refractivity contribution in [3.05, 3.63) is 78.4 Å². The first-order chi connectivity index (χ1) is 13.1. The molecule has 1 unspecified atom stereocenters. The Balaban J connectivity index is 1.72. The molecule has 0 bridgehead atoms. The molecule has 0 aliphatic heterocycles. The van der Waals surface area contributed by atoms with E-state index in [1.54, 1.807) is 6.92 Å². The van der Waals surface area contributed by atoms with Gasteiger partial charge in [0.2, 0.25) is 0 Å². The summed E-state index contributed by atoms with van der Waals surface area (Å²) in [5, 5.41) is 0. The molecule has 0 fully saturated rings. The first kappa shape index (κ1) is 18.9. The minimum absolute atomic E-state index is 0.0911. The van der Waals surface area contributed by atoms with Crippen LogP contribution in [0.4, 0.5) is 0 Å². The maximum atomic E-state index is 11.4. The van der Waals surface area contributed by atoms with Gasteiger partial charge in [-0.3, -0.25) is 4.79 Å². The number of benzene rings is 3. The van der Waals surface area contributed by atoms with E-state index in [1.807, 2.05) is 36.4 Å². The molecule has 2 heteroatoms. The van der Waals surface area contributed by atoms with Crippen LogP contribution in [0, 0.1) is 0 Å². The van der Waals surface area contributed by atoms with Gasteiger partial charge in [0.05, 0.1) is 6.10 Å². The minimum Gasteiger partial charge on any atom is -0.491 e. The van der Waals surface area contributed by atoms with E-state index in [4.69, 9.17) is 4.74 Å². The molecular weight excluding hydrogens is 332 g/mol. The van der Waals surface area contributed by atoms with E-state index in [0.717, 1.165) is 35.3 Å². The molecule has 0 N–H and O–H groups in total. The lowest BCUT2D eigenvalue weighted by molar-refractivity contribution is 0.101. The van der Waals surface area contributed by atoms with Gasteiger partial charge in [-0.05, 0) is 54.7 Å². The summed E-state index contributed by atoms with van der Waals surface area (Å²) in [6.07, 6.45) is 2.44. The zero-order chi connectivity index (χ0) is 19.2. The van der Waals surface area contributed by atoms with Gasteiger partial charge in [0.25, 0.3) is 0 Å². The van der Waals surface area contributed by atoms with E-state index >= 15 is 0 Å². The van der Waals surface area contributed by atoms with Crippen LogP contribution < -0.4 is 4.74 Å². The van der Waals surface area contributed by atoms with E-state index in [-0.39, 0.29) is 11.9 Å². The van der Waals surface area contributed by atoms with Gasteiger partial charge in [0, 0.05) is 5.56 Å². The molecule has 2 nitrogen and oxygen atoms in total. The second kappa shape index (κ2) is 8.68. The molecule has 0 saturated heterocycles. The van der Waals surface area contributed by atoms with Crippen LogP contribution in [0.15, 0.2) is 72.8 Å². The van der Waals surface area contributed by atoms with Crippen LogP contribution in [0.2, 0.25) is 0 Å². The Hall–Kier alpha value is -2.87. The van der Waals surface area contributed by atoms with Crippen molar-refractivity contribution in [2.24, 2.45) is 0 Å². The van der Waals surface area contributed by atoms with E-state index in [9.17, 15) is 4.79 Å². The van der Waals surface area contributed by atoms with Crippen LogP contribution in [0.1, 0.15) is 44.0 Å². The first-order valence-corrected chi connectivity index (χ1v) is 9.55. The third kappa shape index (κ3) is 4.85. The predicted molar refractivity (Wildman–Crippen MR) is 112 cm³/mol. The van der Waals surface area contributed by atoms with Crippen molar-refractivity contribution in [2.45, 2.75) is 39.7 Å². The SMILES string of the molecule is CCCC(C)Oc1ccc(-c2ccc(-c3ccc(C(C)=O)cc3)cc2)cc1. The molecular formula is C25H26O2. The second-order valence-corrected chi connectivity index (χ2v) is 6.95. The van der Waals surface area contributed by atoms with E-state index in [2.05, 4.69) is 50.2 Å². The fourth-order valence-electron chi connectivity index (χ4n) is 3.18. The molecule has 0 saturated carbocycles. The lowest BCUT2D eigenvalue weighted by atomic mass is 9.99. The van der Waals surface area contributed by atoms with Gasteiger partial charge in [-0.15, -0.1) is 0 Å². The maximum Gasteiger partial charge on any atom is 0.159 e. The molecule has 0 amide bonds. The highest BCUT2D eigenvalue weighted by Crippen LogP contribution is 2.27. The normalized spacial score (nSPS) is 11.8. The first-order valence-electron chi connectivity index (χ1n) is 9.55. The molecule has 138 valence electrons. The molecule has 3 aromatic rings. The Morgan fingerprint density at radius 2 is 1.19 bits per heavy atom. The number of hydrogen-bond donors (Lipinski definition) is 0. The van der Waals surface area contributed by atoms with Crippen molar-refractivity contribution in [1.29, 1.82) is 0 Å². The highest BCUT2D eigenvalue weighted by molar-refractivity contribution is 5.94. The topological polar surface area (TPSA) is 26.3 Å². The summed E-state index contributed by atoms with van der Waals surface area (Å²) in [4.78, 5) is 11.4. The summed E-state index contributed by atoms with van der Waals surface area (Å²) < 4.78 is 5.92. The lowest BCUT2D eigenvalue weighted by Crippen LogP contribution is -2.10. The molecule has 3 aromatic carbocycles. The zero-order valence-corrected chi connectivity index (χ0v) is 16.2. The van der Waals surface area contributed by atoms with Gasteiger partial charge in [-0.1, -0.05) is 74.0 Å². The molecule has 1 atom stereocenters. The van der Waals surface area contributed by atoms with Crippen LogP contribution in [-0.2, 0) is 0 Å². The van der Waals surface area contributed by atoms with E-state index < -0.39 is 0 Å². The standard InChI is InChI=1S/C25H26O2/c1-4-5-18(2)27-25-16-14-24(15-17-25)23-12-10-22(11-13-23)21-8-6-20(7-9-21)19(3)26/h6-18H,4-5H2,1-3H3. The summed E-state index contributed by atoms with van der Waals surface area (Å²) in [5.74, 6) is 1.01. The largest absolute Gasteiger partial charge is 0.491 e. The molecule has 0 radical (unpaired) electrons. The summed E-state index contributed by atoms with van der Waals surface area (Å²) in [7, 11) is 0. The van der Waals surface area contributed by atoms with Crippen LogP contribution in [0.5, 0.6) is 5.75 Å². The Bertz CT molecular complexity index is 875. The highest BCUT2D eigenvalue weighted by Gasteiger charge is 2.05. The fraction of sp³-hybridized carbons (Fsp3) is 0.240. The molecule has 27 heavy (non-hydrogen) atoms. The molecule has 0 spiro atoms. The molecule has 0 aliphatic carbocycles. The average Bonchev–Trinajstić information content (AvgIpc) is 2.69. The van der Waals surface area contributed by atoms with Crippen LogP contribution >= 0.6 is 0 Å². The summed E-state index contributed by atoms with van der Waals surface area (Å²) >= 11 is 0. The van der Waals surface area contributed by atoms with Gasteiger partial charge in [0.15, 0.2) is 5.78 Å². The Morgan fingerprint density at radius 3 is 1.59 bits per heavy atom. The third-order valence-electron chi connectivity index (χ3n) is 4.73. The minimum atomic E-state index is 0.0911. The average molecular weight is 358 g/mol. The van der Waals surface area contributed by atoms with E-state index in [0.29, 0.717) is 0 Å². The van der Waals surface area contributed by atoms with Crippen molar-refractivity contribution in [2.75, 3.05) is 0 Å². The van der Waals surface area contributed by atoms with Crippen molar-refractivity contribution in [3.63, 3.8) is 0 Å². The van der Waals surface area contributed by atoms with Crippen molar-refractivity contribution in [3.8, 4) is 28.0 Å². The quantitative estimate of drug-likeness (QED) is 0.435. The van der Waals surface area contributed by atoms with Gasteiger partial charge < -0.3 is 4.74 Å². The predicted octanol–water partition coefficient (Wildman–Crippen LogP) is 6.79. The molecule has 3 rings (SSSR count). The smallest absolute Gasteiger partial charge is 0.159 e. The molecule has 0 aliphatic rings. The third-order valence-corrected chi connectivity index (χ3v) is 4.73. The van der Waals surface area contributed by atoms with E-state index in [1.165, 1.54) is 11.1 Å². The van der Waals surface area contributed by atoms with Gasteiger partial charge in [0.1, 0.15) is 5.75 Å². The number of hydrogen-bond acceptors (Lipinski definition) is 2. The molecule has 0 aromatic heterocycles. The lowest BCUT2D eigenvalue weighted by Gasteiger charge is -2.14. The Labute approximate surface area is 161 Å². The monoisotopic (exact) mass is 358 g/mol. The number of ether oxygens (including phenoxy) is 1. The van der Waals surface area contributed by atoms with Crippen molar-refractivity contribution in [1.82, 2.24) is 0 Å². The van der Waals surface area contributed by atoms with Gasteiger partial charge in [-0.2, -0.15) is 0 Å². The number of Topliss-reactive ketones (excluding diaryl/α,β-unsaturated/α-hetero) is 1. The molecule has 0 heterocycles. The van der Waals surface area contributed by atoms with Crippen LogP contribution in [-0.4, -0.2) is 11.9 Å². The maximum absolute atomic E-state index is 11.4. The van der Waals surface area contributed by atoms with Crippen LogP contribution in [0.25, 0.3) is 22.3 Å². The van der Waals surface area contributed by atoms with Crippen molar-refractivity contribution >= 4 is 5.78 Å². The van der Waals surface area contributed by atoms with Crippen LogP contribution in [0.3, 0.4) is 0 Å². The Kier molecular flexibility index (Phi) is 6.08. The van der Waals surface area contributed by atoms with Gasteiger partial charge in [-0.25, -0.2) is 0 Å².